The lowest BCUT2D eigenvalue weighted by Gasteiger charge is -2.21. The fourth-order valence-electron chi connectivity index (χ4n) is 1.34. The molecule has 1 fully saturated rings. The van der Waals surface area contributed by atoms with Crippen molar-refractivity contribution in [3.63, 3.8) is 0 Å². The van der Waals surface area contributed by atoms with Gasteiger partial charge in [0.2, 0.25) is 0 Å². The van der Waals surface area contributed by atoms with E-state index in [1.54, 1.807) is 0 Å². The van der Waals surface area contributed by atoms with Crippen LogP contribution in [0.2, 0.25) is 0 Å². The average Bonchev–Trinajstić information content (AvgIpc) is 2.05. The van der Waals surface area contributed by atoms with Gasteiger partial charge in [0.05, 0.1) is 5.25 Å². The van der Waals surface area contributed by atoms with Crippen molar-refractivity contribution in [2.45, 2.75) is 38.4 Å². The van der Waals surface area contributed by atoms with E-state index < -0.39 is 0 Å². The monoisotopic (exact) mass is 172 g/mol. The third-order valence-corrected chi connectivity index (χ3v) is 3.46. The largest absolute Gasteiger partial charge is 0.298 e. The van der Waals surface area contributed by atoms with Crippen LogP contribution in [-0.4, -0.2) is 16.8 Å². The van der Waals surface area contributed by atoms with Gasteiger partial charge < -0.3 is 0 Å². The zero-order valence-electron chi connectivity index (χ0n) is 7.30. The molecule has 2 heteroatoms. The van der Waals surface area contributed by atoms with E-state index in [1.165, 1.54) is 18.6 Å². The summed E-state index contributed by atoms with van der Waals surface area (Å²) < 4.78 is 0. The van der Waals surface area contributed by atoms with Gasteiger partial charge in [-0.3, -0.25) is 4.79 Å². The molecular weight excluding hydrogens is 156 g/mol. The van der Waals surface area contributed by atoms with Crippen LogP contribution in [0.3, 0.4) is 0 Å². The fraction of sp³-hybridized carbons (Fsp3) is 0.889. The maximum Gasteiger partial charge on any atom is 0.148 e. The van der Waals surface area contributed by atoms with Crippen LogP contribution in [-0.2, 0) is 4.79 Å². The summed E-state index contributed by atoms with van der Waals surface area (Å²) in [4.78, 5) is 11.5. The first-order chi connectivity index (χ1) is 5.22. The molecule has 0 bridgehead atoms. The molecule has 0 aromatic rings. The first-order valence-corrected chi connectivity index (χ1v) is 5.42. The second-order valence-electron chi connectivity index (χ2n) is 3.41. The Labute approximate surface area is 72.9 Å². The van der Waals surface area contributed by atoms with E-state index >= 15 is 0 Å². The minimum Gasteiger partial charge on any atom is -0.298 e. The molecule has 1 unspecified atom stereocenters. The molecule has 0 amide bonds. The van der Waals surface area contributed by atoms with Gasteiger partial charge in [-0.15, -0.1) is 0 Å². The highest BCUT2D eigenvalue weighted by atomic mass is 32.2. The first-order valence-electron chi connectivity index (χ1n) is 4.37. The zero-order valence-corrected chi connectivity index (χ0v) is 8.12. The Hall–Kier alpha value is 0.0200. The molecule has 11 heavy (non-hydrogen) atoms. The van der Waals surface area contributed by atoms with Crippen molar-refractivity contribution in [2.75, 3.05) is 5.75 Å². The third kappa shape index (κ3) is 2.51. The van der Waals surface area contributed by atoms with Gasteiger partial charge in [-0.2, -0.15) is 11.8 Å². The highest BCUT2D eigenvalue weighted by molar-refractivity contribution is 8.00. The molecule has 0 saturated carbocycles. The normalized spacial score (nSPS) is 25.5. The Kier molecular flexibility index (Phi) is 3.44. The Morgan fingerprint density at radius 2 is 2.18 bits per heavy atom. The van der Waals surface area contributed by atoms with Crippen molar-refractivity contribution in [2.24, 2.45) is 5.92 Å². The van der Waals surface area contributed by atoms with Crippen LogP contribution in [0.15, 0.2) is 0 Å². The minimum absolute atomic E-state index is 0.227. The van der Waals surface area contributed by atoms with Gasteiger partial charge >= 0.3 is 0 Å². The summed E-state index contributed by atoms with van der Waals surface area (Å²) in [6.07, 6.45) is 3.66. The summed E-state index contributed by atoms with van der Waals surface area (Å²) in [6.45, 7) is 4.00. The molecule has 1 atom stereocenters. The molecule has 1 nitrogen and oxygen atoms in total. The number of carbonyl (C=O) groups is 1. The van der Waals surface area contributed by atoms with E-state index in [1.807, 2.05) is 25.6 Å². The summed E-state index contributed by atoms with van der Waals surface area (Å²) in [5.74, 6) is 1.86. The van der Waals surface area contributed by atoms with Crippen LogP contribution < -0.4 is 0 Å². The summed E-state index contributed by atoms with van der Waals surface area (Å²) in [7, 11) is 0. The highest BCUT2D eigenvalue weighted by Crippen LogP contribution is 2.27. The molecule has 1 rings (SSSR count). The van der Waals surface area contributed by atoms with Crippen molar-refractivity contribution in [1.29, 1.82) is 0 Å². The summed E-state index contributed by atoms with van der Waals surface area (Å²) in [5, 5.41) is 0.323. The predicted octanol–water partition coefficient (Wildman–Crippen LogP) is 2.50. The molecule has 1 saturated heterocycles. The van der Waals surface area contributed by atoms with E-state index in [0.29, 0.717) is 11.0 Å². The topological polar surface area (TPSA) is 17.1 Å². The van der Waals surface area contributed by atoms with Crippen molar-refractivity contribution in [3.05, 3.63) is 0 Å². The SMILES string of the molecule is CC(C)C(=O)C1CCCCS1. The van der Waals surface area contributed by atoms with Gasteiger partial charge in [0.25, 0.3) is 0 Å². The summed E-state index contributed by atoms with van der Waals surface area (Å²) in [5.41, 5.74) is 0. The van der Waals surface area contributed by atoms with Gasteiger partial charge in [0.1, 0.15) is 5.78 Å². The lowest BCUT2D eigenvalue weighted by atomic mass is 10.0. The van der Waals surface area contributed by atoms with Crippen LogP contribution in [0.1, 0.15) is 33.1 Å². The quantitative estimate of drug-likeness (QED) is 0.636. The molecule has 0 radical (unpaired) electrons. The van der Waals surface area contributed by atoms with Crippen LogP contribution in [0.4, 0.5) is 0 Å². The lowest BCUT2D eigenvalue weighted by molar-refractivity contribution is -0.121. The van der Waals surface area contributed by atoms with Gasteiger partial charge in [-0.1, -0.05) is 20.3 Å². The number of Topliss-reactive ketones (excluding diaryl/α,β-unsaturated/α-hetero) is 1. The van der Waals surface area contributed by atoms with Crippen molar-refractivity contribution in [3.8, 4) is 0 Å². The lowest BCUT2D eigenvalue weighted by Crippen LogP contribution is -2.24. The predicted molar refractivity (Wildman–Crippen MR) is 49.9 cm³/mol. The number of rotatable bonds is 2. The minimum atomic E-state index is 0.227. The number of ketones is 1. The van der Waals surface area contributed by atoms with E-state index in [4.69, 9.17) is 0 Å². The average molecular weight is 172 g/mol. The van der Waals surface area contributed by atoms with Gasteiger partial charge in [0.15, 0.2) is 0 Å². The van der Waals surface area contributed by atoms with Crippen molar-refractivity contribution < 1.29 is 4.79 Å². The smallest absolute Gasteiger partial charge is 0.148 e. The number of hydrogen-bond donors (Lipinski definition) is 0. The van der Waals surface area contributed by atoms with Crippen LogP contribution in [0.5, 0.6) is 0 Å². The maximum atomic E-state index is 11.5. The Balaban J connectivity index is 2.39. The fourth-order valence-corrected chi connectivity index (χ4v) is 2.76. The summed E-state index contributed by atoms with van der Waals surface area (Å²) >= 11 is 1.85. The molecular formula is C9H16OS. The standard InChI is InChI=1S/C9H16OS/c1-7(2)9(10)8-5-3-4-6-11-8/h7-8H,3-6H2,1-2H3. The molecule has 64 valence electrons. The molecule has 0 aromatic heterocycles. The second-order valence-corrected chi connectivity index (χ2v) is 4.72. The second kappa shape index (κ2) is 4.15. The summed E-state index contributed by atoms with van der Waals surface area (Å²) in [6, 6.07) is 0. The molecule has 1 aliphatic heterocycles. The van der Waals surface area contributed by atoms with Crippen LogP contribution >= 0.6 is 11.8 Å². The van der Waals surface area contributed by atoms with E-state index in [0.717, 1.165) is 6.42 Å². The molecule has 0 aliphatic carbocycles. The van der Waals surface area contributed by atoms with Gasteiger partial charge in [-0.05, 0) is 18.6 Å². The first kappa shape index (κ1) is 9.11. The van der Waals surface area contributed by atoms with Crippen LogP contribution in [0, 0.1) is 5.92 Å². The van der Waals surface area contributed by atoms with E-state index in [2.05, 4.69) is 0 Å². The number of carbonyl (C=O) groups excluding carboxylic acids is 1. The zero-order chi connectivity index (χ0) is 8.27. The van der Waals surface area contributed by atoms with Gasteiger partial charge in [-0.25, -0.2) is 0 Å². The number of thioether (sulfide) groups is 1. The van der Waals surface area contributed by atoms with Crippen LogP contribution in [0.25, 0.3) is 0 Å². The molecule has 0 aromatic carbocycles. The molecule has 0 spiro atoms. The highest BCUT2D eigenvalue weighted by Gasteiger charge is 2.23. The third-order valence-electron chi connectivity index (χ3n) is 2.07. The molecule has 1 heterocycles. The maximum absolute atomic E-state index is 11.5. The molecule has 1 aliphatic rings. The Bertz CT molecular complexity index is 136. The van der Waals surface area contributed by atoms with Crippen molar-refractivity contribution >= 4 is 17.5 Å². The van der Waals surface area contributed by atoms with Crippen molar-refractivity contribution in [1.82, 2.24) is 0 Å². The van der Waals surface area contributed by atoms with E-state index in [9.17, 15) is 4.79 Å². The Morgan fingerprint density at radius 3 is 2.64 bits per heavy atom. The van der Waals surface area contributed by atoms with Gasteiger partial charge in [0, 0.05) is 5.92 Å². The number of hydrogen-bond acceptors (Lipinski definition) is 2. The Morgan fingerprint density at radius 1 is 1.45 bits per heavy atom. The molecule has 0 N–H and O–H groups in total. The van der Waals surface area contributed by atoms with E-state index in [-0.39, 0.29) is 5.92 Å².